The lowest BCUT2D eigenvalue weighted by molar-refractivity contribution is 0.0616. The van der Waals surface area contributed by atoms with E-state index >= 15 is 0 Å². The third-order valence-electron chi connectivity index (χ3n) is 3.54. The maximum Gasteiger partial charge on any atom is 0.291 e. The highest BCUT2D eigenvalue weighted by Gasteiger charge is 2.30. The second-order valence-electron chi connectivity index (χ2n) is 4.64. The Morgan fingerprint density at radius 3 is 3.06 bits per heavy atom. The molecule has 5 heteroatoms. The molecule has 1 aromatic rings. The average Bonchev–Trinajstić information content (AvgIpc) is 2.75. The topological polar surface area (TPSA) is 72.4 Å². The SMILES string of the molecule is CCC1CN(C(=O)c2ocnc2C)CCC1N. The molecule has 0 radical (unpaired) electrons. The van der Waals surface area contributed by atoms with Gasteiger partial charge in [0.1, 0.15) is 0 Å². The predicted octanol–water partition coefficient (Wildman–Crippen LogP) is 1.18. The van der Waals surface area contributed by atoms with Crippen LogP contribution in [0, 0.1) is 12.8 Å². The maximum absolute atomic E-state index is 12.2. The van der Waals surface area contributed by atoms with E-state index in [4.69, 9.17) is 10.2 Å². The Balaban J connectivity index is 2.09. The van der Waals surface area contributed by atoms with Crippen LogP contribution in [0.1, 0.15) is 36.0 Å². The number of carbonyl (C=O) groups excluding carboxylic acids is 1. The lowest BCUT2D eigenvalue weighted by atomic mass is 9.90. The molecule has 0 bridgehead atoms. The molecule has 5 nitrogen and oxygen atoms in total. The Morgan fingerprint density at radius 1 is 1.71 bits per heavy atom. The summed E-state index contributed by atoms with van der Waals surface area (Å²) in [5.74, 6) is 0.677. The van der Waals surface area contributed by atoms with Crippen molar-refractivity contribution >= 4 is 5.91 Å². The maximum atomic E-state index is 12.2. The van der Waals surface area contributed by atoms with Gasteiger partial charge in [-0.2, -0.15) is 0 Å². The van der Waals surface area contributed by atoms with Gasteiger partial charge in [-0.1, -0.05) is 13.3 Å². The van der Waals surface area contributed by atoms with Gasteiger partial charge in [-0.3, -0.25) is 4.79 Å². The Bertz CT molecular complexity index is 402. The van der Waals surface area contributed by atoms with E-state index < -0.39 is 0 Å². The van der Waals surface area contributed by atoms with Crippen LogP contribution in [0.3, 0.4) is 0 Å². The van der Waals surface area contributed by atoms with Crippen molar-refractivity contribution in [3.8, 4) is 0 Å². The molecule has 1 saturated heterocycles. The molecule has 1 aliphatic heterocycles. The molecule has 2 rings (SSSR count). The molecule has 0 spiro atoms. The minimum absolute atomic E-state index is 0.0645. The molecule has 0 saturated carbocycles. The molecule has 17 heavy (non-hydrogen) atoms. The van der Waals surface area contributed by atoms with Gasteiger partial charge < -0.3 is 15.1 Å². The summed E-state index contributed by atoms with van der Waals surface area (Å²) >= 11 is 0. The smallest absolute Gasteiger partial charge is 0.291 e. The van der Waals surface area contributed by atoms with E-state index in [2.05, 4.69) is 11.9 Å². The van der Waals surface area contributed by atoms with Gasteiger partial charge in [-0.25, -0.2) is 4.98 Å². The zero-order valence-electron chi connectivity index (χ0n) is 10.3. The molecule has 94 valence electrons. The molecule has 1 aliphatic rings. The van der Waals surface area contributed by atoms with Crippen molar-refractivity contribution in [2.75, 3.05) is 13.1 Å². The number of nitrogens with zero attached hydrogens (tertiary/aromatic N) is 2. The molecule has 2 atom stereocenters. The number of hydrogen-bond acceptors (Lipinski definition) is 4. The van der Waals surface area contributed by atoms with E-state index in [-0.39, 0.29) is 11.9 Å². The van der Waals surface area contributed by atoms with Gasteiger partial charge in [0.15, 0.2) is 6.39 Å². The van der Waals surface area contributed by atoms with Crippen molar-refractivity contribution in [1.82, 2.24) is 9.88 Å². The van der Waals surface area contributed by atoms with Gasteiger partial charge >= 0.3 is 0 Å². The summed E-state index contributed by atoms with van der Waals surface area (Å²) in [6.45, 7) is 5.31. The number of aromatic nitrogens is 1. The van der Waals surface area contributed by atoms with E-state index in [0.717, 1.165) is 19.4 Å². The van der Waals surface area contributed by atoms with Crippen LogP contribution in [0.25, 0.3) is 0 Å². The van der Waals surface area contributed by atoms with Crippen molar-refractivity contribution in [2.45, 2.75) is 32.7 Å². The second-order valence-corrected chi connectivity index (χ2v) is 4.64. The molecule has 0 aromatic carbocycles. The van der Waals surface area contributed by atoms with Crippen molar-refractivity contribution < 1.29 is 9.21 Å². The number of carbonyl (C=O) groups is 1. The number of oxazole rings is 1. The molecular formula is C12H19N3O2. The predicted molar refractivity (Wildman–Crippen MR) is 63.5 cm³/mol. The number of aryl methyl sites for hydroxylation is 1. The molecule has 1 amide bonds. The zero-order valence-corrected chi connectivity index (χ0v) is 10.3. The van der Waals surface area contributed by atoms with E-state index in [1.165, 1.54) is 6.39 Å². The number of nitrogens with two attached hydrogens (primary N) is 1. The third-order valence-corrected chi connectivity index (χ3v) is 3.54. The van der Waals surface area contributed by atoms with Crippen LogP contribution in [-0.2, 0) is 0 Å². The fourth-order valence-electron chi connectivity index (χ4n) is 2.32. The lowest BCUT2D eigenvalue weighted by Gasteiger charge is -2.36. The van der Waals surface area contributed by atoms with E-state index in [1.807, 2.05) is 4.90 Å². The highest BCUT2D eigenvalue weighted by atomic mass is 16.3. The summed E-state index contributed by atoms with van der Waals surface area (Å²) in [6, 6.07) is 0.208. The Kier molecular flexibility index (Phi) is 3.47. The quantitative estimate of drug-likeness (QED) is 0.838. The van der Waals surface area contributed by atoms with E-state index in [0.29, 0.717) is 23.9 Å². The van der Waals surface area contributed by atoms with Crippen LogP contribution >= 0.6 is 0 Å². The number of rotatable bonds is 2. The molecule has 2 unspecified atom stereocenters. The highest BCUT2D eigenvalue weighted by Crippen LogP contribution is 2.21. The van der Waals surface area contributed by atoms with Gasteiger partial charge in [0.25, 0.3) is 5.91 Å². The lowest BCUT2D eigenvalue weighted by Crippen LogP contribution is -2.49. The fourth-order valence-corrected chi connectivity index (χ4v) is 2.32. The summed E-state index contributed by atoms with van der Waals surface area (Å²) in [6.07, 6.45) is 3.17. The van der Waals surface area contributed by atoms with Crippen LogP contribution < -0.4 is 5.73 Å². The van der Waals surface area contributed by atoms with Crippen molar-refractivity contribution in [3.05, 3.63) is 17.8 Å². The largest absolute Gasteiger partial charge is 0.438 e. The first kappa shape index (κ1) is 12.1. The first-order valence-corrected chi connectivity index (χ1v) is 6.08. The van der Waals surface area contributed by atoms with Crippen molar-refractivity contribution in [2.24, 2.45) is 11.7 Å². The van der Waals surface area contributed by atoms with Gasteiger partial charge in [0.05, 0.1) is 5.69 Å². The zero-order chi connectivity index (χ0) is 12.4. The summed E-state index contributed by atoms with van der Waals surface area (Å²) < 4.78 is 5.14. The van der Waals surface area contributed by atoms with Gasteiger partial charge in [-0.15, -0.1) is 0 Å². The molecule has 1 fully saturated rings. The number of hydrogen-bond donors (Lipinski definition) is 1. The van der Waals surface area contributed by atoms with Crippen LogP contribution in [0.2, 0.25) is 0 Å². The van der Waals surface area contributed by atoms with Gasteiger partial charge in [0, 0.05) is 19.1 Å². The first-order chi connectivity index (χ1) is 8.13. The Morgan fingerprint density at radius 2 is 2.47 bits per heavy atom. The Hall–Kier alpha value is -1.36. The molecule has 2 heterocycles. The summed E-state index contributed by atoms with van der Waals surface area (Å²) in [7, 11) is 0. The standard InChI is InChI=1S/C12H19N3O2/c1-3-9-6-15(5-4-10(9)13)12(16)11-8(2)14-7-17-11/h7,9-10H,3-6,13H2,1-2H3. The summed E-state index contributed by atoms with van der Waals surface area (Å²) in [4.78, 5) is 18.0. The van der Waals surface area contributed by atoms with Gasteiger partial charge in [0.2, 0.25) is 5.76 Å². The number of piperidine rings is 1. The third kappa shape index (κ3) is 2.34. The number of amides is 1. The highest BCUT2D eigenvalue weighted by molar-refractivity contribution is 5.92. The van der Waals surface area contributed by atoms with Crippen LogP contribution in [0.15, 0.2) is 10.8 Å². The van der Waals surface area contributed by atoms with Crippen molar-refractivity contribution in [1.29, 1.82) is 0 Å². The van der Waals surface area contributed by atoms with Crippen LogP contribution in [-0.4, -0.2) is 34.9 Å². The first-order valence-electron chi connectivity index (χ1n) is 6.08. The molecule has 1 aromatic heterocycles. The van der Waals surface area contributed by atoms with E-state index in [9.17, 15) is 4.79 Å². The summed E-state index contributed by atoms with van der Waals surface area (Å²) in [5, 5.41) is 0. The Labute approximate surface area is 101 Å². The van der Waals surface area contributed by atoms with Crippen LogP contribution in [0.5, 0.6) is 0 Å². The number of likely N-dealkylation sites (tertiary alicyclic amines) is 1. The second kappa shape index (κ2) is 4.87. The van der Waals surface area contributed by atoms with E-state index in [1.54, 1.807) is 6.92 Å². The average molecular weight is 237 g/mol. The summed E-state index contributed by atoms with van der Waals surface area (Å²) in [5.41, 5.74) is 6.68. The van der Waals surface area contributed by atoms with Crippen molar-refractivity contribution in [3.63, 3.8) is 0 Å². The minimum Gasteiger partial charge on any atom is -0.438 e. The normalized spacial score (nSPS) is 25.0. The van der Waals surface area contributed by atoms with Gasteiger partial charge in [-0.05, 0) is 19.3 Å². The molecule has 2 N–H and O–H groups in total. The minimum atomic E-state index is -0.0645. The molecule has 0 aliphatic carbocycles. The molecular weight excluding hydrogens is 218 g/mol. The monoisotopic (exact) mass is 237 g/mol. The van der Waals surface area contributed by atoms with Crippen LogP contribution in [0.4, 0.5) is 0 Å². The fraction of sp³-hybridized carbons (Fsp3) is 0.667.